The van der Waals surface area contributed by atoms with Gasteiger partial charge >= 0.3 is 5.91 Å². The predicted octanol–water partition coefficient (Wildman–Crippen LogP) is 3.97. The number of amides is 1. The van der Waals surface area contributed by atoms with E-state index in [-0.39, 0.29) is 16.9 Å². The van der Waals surface area contributed by atoms with Crippen molar-refractivity contribution < 1.29 is 19.1 Å². The van der Waals surface area contributed by atoms with Crippen molar-refractivity contribution in [3.63, 3.8) is 0 Å². The number of Topliss-reactive ketones (excluding diaryl/α,β-unsaturated/α-hetero) is 1. The molecule has 1 aliphatic rings. The lowest BCUT2D eigenvalue weighted by Gasteiger charge is -2.21. The second-order valence-electron chi connectivity index (χ2n) is 5.51. The van der Waals surface area contributed by atoms with Gasteiger partial charge in [0.05, 0.1) is 5.57 Å². The zero-order valence-corrected chi connectivity index (χ0v) is 14.8. The van der Waals surface area contributed by atoms with Crippen LogP contribution in [0.25, 0.3) is 5.76 Å². The summed E-state index contributed by atoms with van der Waals surface area (Å²) in [4.78, 5) is 31.5. The Morgan fingerprint density at radius 2 is 1.88 bits per heavy atom. The first-order chi connectivity index (χ1) is 12.6. The normalized spacial score (nSPS) is 19.3. The summed E-state index contributed by atoms with van der Waals surface area (Å²) in [7, 11) is 0. The third-order valence-corrected chi connectivity index (χ3v) is 5.70. The molecule has 1 aromatic carbocycles. The third-order valence-electron chi connectivity index (χ3n) is 4.00. The van der Waals surface area contributed by atoms with E-state index in [4.69, 9.17) is 0 Å². The van der Waals surface area contributed by atoms with Gasteiger partial charge in [0, 0.05) is 22.0 Å². The van der Waals surface area contributed by atoms with E-state index in [2.05, 4.69) is 4.98 Å². The summed E-state index contributed by atoms with van der Waals surface area (Å²) in [6, 6.07) is 7.93. The molecule has 4 rings (SSSR count). The minimum Gasteiger partial charge on any atom is -0.507 e. The topological polar surface area (TPSA) is 70.5 Å². The third kappa shape index (κ3) is 2.63. The Morgan fingerprint density at radius 1 is 1.12 bits per heavy atom. The second kappa shape index (κ2) is 6.47. The van der Waals surface area contributed by atoms with E-state index in [9.17, 15) is 19.1 Å². The van der Waals surface area contributed by atoms with Gasteiger partial charge in [-0.3, -0.25) is 14.5 Å². The number of thiazole rings is 1. The zero-order valence-electron chi connectivity index (χ0n) is 13.1. The number of aliphatic hydroxyl groups excluding tert-OH is 1. The van der Waals surface area contributed by atoms with E-state index in [0.29, 0.717) is 5.13 Å². The fourth-order valence-electron chi connectivity index (χ4n) is 2.84. The highest BCUT2D eigenvalue weighted by molar-refractivity contribution is 7.14. The maximum atomic E-state index is 13.2. The molecule has 2 aromatic heterocycles. The Morgan fingerprint density at radius 3 is 2.50 bits per heavy atom. The van der Waals surface area contributed by atoms with Crippen LogP contribution in [0.5, 0.6) is 0 Å². The fraction of sp³-hybridized carbons (Fsp3) is 0.0556. The molecule has 0 saturated carbocycles. The Bertz CT molecular complexity index is 996. The molecule has 1 amide bonds. The molecule has 0 bridgehead atoms. The van der Waals surface area contributed by atoms with Gasteiger partial charge < -0.3 is 5.11 Å². The van der Waals surface area contributed by atoms with E-state index in [0.717, 1.165) is 4.88 Å². The molecule has 0 aliphatic carbocycles. The number of hydrogen-bond acceptors (Lipinski definition) is 6. The van der Waals surface area contributed by atoms with Crippen LogP contribution in [-0.4, -0.2) is 21.8 Å². The van der Waals surface area contributed by atoms with Gasteiger partial charge in [-0.2, -0.15) is 0 Å². The Labute approximate surface area is 155 Å². The lowest BCUT2D eigenvalue weighted by atomic mass is 10.00. The van der Waals surface area contributed by atoms with Crippen LogP contribution in [0.4, 0.5) is 9.52 Å². The summed E-state index contributed by atoms with van der Waals surface area (Å²) in [5, 5.41) is 14.6. The quantitative estimate of drug-likeness (QED) is 0.420. The van der Waals surface area contributed by atoms with Crippen LogP contribution >= 0.6 is 22.7 Å². The van der Waals surface area contributed by atoms with Crippen molar-refractivity contribution in [2.24, 2.45) is 0 Å². The molecule has 0 spiro atoms. The lowest BCUT2D eigenvalue weighted by Crippen LogP contribution is -2.28. The first-order valence-electron chi connectivity index (χ1n) is 7.58. The van der Waals surface area contributed by atoms with Gasteiger partial charge in [-0.25, -0.2) is 9.37 Å². The molecular weight excluding hydrogens is 375 g/mol. The van der Waals surface area contributed by atoms with Gasteiger partial charge in [-0.15, -0.1) is 22.7 Å². The molecule has 1 saturated heterocycles. The van der Waals surface area contributed by atoms with Gasteiger partial charge in [0.25, 0.3) is 5.78 Å². The second-order valence-corrected chi connectivity index (χ2v) is 7.36. The molecular formula is C18H11FN2O3S2. The largest absolute Gasteiger partial charge is 0.507 e. The maximum Gasteiger partial charge on any atom is 0.301 e. The molecule has 5 nitrogen and oxygen atoms in total. The minimum absolute atomic E-state index is 0.0285. The van der Waals surface area contributed by atoms with Gasteiger partial charge in [0.15, 0.2) is 5.13 Å². The fourth-order valence-corrected chi connectivity index (χ4v) is 4.33. The van der Waals surface area contributed by atoms with Gasteiger partial charge in [-0.1, -0.05) is 6.07 Å². The first kappa shape index (κ1) is 16.6. The highest BCUT2D eigenvalue weighted by Gasteiger charge is 2.48. The van der Waals surface area contributed by atoms with Crippen LogP contribution in [0.15, 0.2) is 58.9 Å². The average Bonchev–Trinajstić information content (AvgIpc) is 3.37. The zero-order chi connectivity index (χ0) is 18.3. The lowest BCUT2D eigenvalue weighted by molar-refractivity contribution is -0.132. The molecule has 8 heteroatoms. The number of halogens is 1. The molecule has 130 valence electrons. The van der Waals surface area contributed by atoms with E-state index < -0.39 is 23.5 Å². The van der Waals surface area contributed by atoms with Crippen molar-refractivity contribution in [1.29, 1.82) is 0 Å². The Kier molecular flexibility index (Phi) is 4.14. The smallest absolute Gasteiger partial charge is 0.301 e. The van der Waals surface area contributed by atoms with Crippen molar-refractivity contribution in [1.82, 2.24) is 4.98 Å². The van der Waals surface area contributed by atoms with Crippen molar-refractivity contribution in [3.05, 3.63) is 75.2 Å². The number of aromatic nitrogens is 1. The Hall–Kier alpha value is -2.84. The molecule has 3 heterocycles. The molecule has 1 fully saturated rings. The van der Waals surface area contributed by atoms with E-state index in [1.807, 2.05) is 5.38 Å². The van der Waals surface area contributed by atoms with Gasteiger partial charge in [0.1, 0.15) is 17.6 Å². The molecule has 0 unspecified atom stereocenters. The molecule has 3 aromatic rings. The maximum absolute atomic E-state index is 13.2. The number of rotatable bonds is 3. The molecule has 1 N–H and O–H groups in total. The summed E-state index contributed by atoms with van der Waals surface area (Å²) in [6.45, 7) is 0. The highest BCUT2D eigenvalue weighted by atomic mass is 32.1. The van der Waals surface area contributed by atoms with E-state index in [1.54, 1.807) is 23.7 Å². The SMILES string of the molecule is O=C1C(=O)N(c2nccs2)[C@@H](c2cccs2)C1=C(O)c1ccc(F)cc1. The van der Waals surface area contributed by atoms with Crippen LogP contribution in [0.2, 0.25) is 0 Å². The number of carbonyl (C=O) groups excluding carboxylic acids is 2. The predicted molar refractivity (Wildman–Crippen MR) is 97.6 cm³/mol. The van der Waals surface area contributed by atoms with Crippen LogP contribution in [0.3, 0.4) is 0 Å². The molecule has 1 aliphatic heterocycles. The Balaban J connectivity index is 1.92. The number of hydrogen-bond donors (Lipinski definition) is 1. The summed E-state index contributed by atoms with van der Waals surface area (Å²) in [5.41, 5.74) is 0.240. The first-order valence-corrected chi connectivity index (χ1v) is 9.33. The summed E-state index contributed by atoms with van der Waals surface area (Å²) in [6.07, 6.45) is 1.55. The molecule has 1 atom stereocenters. The van der Waals surface area contributed by atoms with Gasteiger partial charge in [-0.05, 0) is 35.7 Å². The summed E-state index contributed by atoms with van der Waals surface area (Å²) >= 11 is 2.60. The summed E-state index contributed by atoms with van der Waals surface area (Å²) < 4.78 is 13.2. The number of aliphatic hydroxyl groups is 1. The van der Waals surface area contributed by atoms with Crippen LogP contribution in [0, 0.1) is 5.82 Å². The average molecular weight is 386 g/mol. The number of nitrogens with zero attached hydrogens (tertiary/aromatic N) is 2. The van der Waals surface area contributed by atoms with E-state index >= 15 is 0 Å². The van der Waals surface area contributed by atoms with Crippen molar-refractivity contribution >= 4 is 45.3 Å². The number of ketones is 1. The standard InChI is InChI=1S/C18H11FN2O3S2/c19-11-5-3-10(4-6-11)15(22)13-14(12-2-1-8-25-12)21(17(24)16(13)23)18-20-7-9-26-18/h1-9,14,22H/t14-/m0/s1. The minimum atomic E-state index is -0.791. The van der Waals surface area contributed by atoms with Crippen LogP contribution in [0.1, 0.15) is 16.5 Å². The van der Waals surface area contributed by atoms with Crippen LogP contribution in [-0.2, 0) is 9.59 Å². The number of carbonyl (C=O) groups is 2. The number of anilines is 1. The monoisotopic (exact) mass is 386 g/mol. The number of benzene rings is 1. The van der Waals surface area contributed by atoms with Crippen LogP contribution < -0.4 is 4.90 Å². The van der Waals surface area contributed by atoms with Crippen molar-refractivity contribution in [2.45, 2.75) is 6.04 Å². The number of thiophene rings is 1. The van der Waals surface area contributed by atoms with Crippen molar-refractivity contribution in [2.75, 3.05) is 4.90 Å². The molecule has 26 heavy (non-hydrogen) atoms. The van der Waals surface area contributed by atoms with Gasteiger partial charge in [0.2, 0.25) is 0 Å². The van der Waals surface area contributed by atoms with Crippen molar-refractivity contribution in [3.8, 4) is 0 Å². The summed E-state index contributed by atoms with van der Waals surface area (Å²) in [5.74, 6) is -2.33. The van der Waals surface area contributed by atoms with E-state index in [1.165, 1.54) is 51.8 Å². The molecule has 0 radical (unpaired) electrons. The highest BCUT2D eigenvalue weighted by Crippen LogP contribution is 2.43.